The first-order chi connectivity index (χ1) is 7.68. The molecule has 3 heteroatoms. The average molecular weight is 286 g/mol. The van der Waals surface area contributed by atoms with Gasteiger partial charge in [0.1, 0.15) is 5.82 Å². The molecule has 1 aromatic carbocycles. The molecule has 0 aliphatic carbocycles. The molecule has 0 bridgehead atoms. The molecule has 0 radical (unpaired) electrons. The topological polar surface area (TPSA) is 12.0 Å². The van der Waals surface area contributed by atoms with Gasteiger partial charge in [0.15, 0.2) is 0 Å². The Morgan fingerprint density at radius 1 is 1.38 bits per heavy atom. The second kappa shape index (κ2) is 5.28. The van der Waals surface area contributed by atoms with Crippen LogP contribution in [0.1, 0.15) is 24.0 Å². The van der Waals surface area contributed by atoms with E-state index in [2.05, 4.69) is 21.2 Å². The zero-order valence-corrected chi connectivity index (χ0v) is 11.1. The van der Waals surface area contributed by atoms with E-state index >= 15 is 0 Å². The third-order valence-electron chi connectivity index (χ3n) is 3.38. The Hall–Kier alpha value is -0.410. The van der Waals surface area contributed by atoms with Crippen LogP contribution in [0.3, 0.4) is 0 Å². The maximum Gasteiger partial charge on any atom is 0.140 e. The highest BCUT2D eigenvalue weighted by Crippen LogP contribution is 2.26. The van der Waals surface area contributed by atoms with Crippen molar-refractivity contribution in [3.63, 3.8) is 0 Å². The smallest absolute Gasteiger partial charge is 0.140 e. The van der Waals surface area contributed by atoms with Crippen LogP contribution in [0.15, 0.2) is 16.6 Å². The zero-order valence-electron chi connectivity index (χ0n) is 9.52. The van der Waals surface area contributed by atoms with E-state index in [-0.39, 0.29) is 5.82 Å². The van der Waals surface area contributed by atoms with Crippen molar-refractivity contribution in [3.05, 3.63) is 33.5 Å². The molecule has 1 fully saturated rings. The lowest BCUT2D eigenvalue weighted by Gasteiger charge is -2.23. The lowest BCUT2D eigenvalue weighted by Crippen LogP contribution is -2.29. The van der Waals surface area contributed by atoms with E-state index in [0.717, 1.165) is 43.5 Å². The second-order valence-electron chi connectivity index (χ2n) is 4.55. The van der Waals surface area contributed by atoms with E-state index in [1.54, 1.807) is 6.07 Å². The molecular weight excluding hydrogens is 269 g/mol. The molecule has 88 valence electrons. The monoisotopic (exact) mass is 285 g/mol. The van der Waals surface area contributed by atoms with Crippen LogP contribution in [0.25, 0.3) is 0 Å². The summed E-state index contributed by atoms with van der Waals surface area (Å²) in [5.74, 6) is 0.558. The summed E-state index contributed by atoms with van der Waals surface area (Å²) < 4.78 is 14.5. The Morgan fingerprint density at radius 2 is 2.06 bits per heavy atom. The first-order valence-corrected chi connectivity index (χ1v) is 6.62. The summed E-state index contributed by atoms with van der Waals surface area (Å²) in [6.07, 6.45) is 3.19. The van der Waals surface area contributed by atoms with E-state index in [4.69, 9.17) is 0 Å². The minimum Gasteiger partial charge on any atom is -0.317 e. The maximum atomic E-state index is 14.0. The molecule has 1 aromatic rings. The molecule has 1 aliphatic rings. The predicted molar refractivity (Wildman–Crippen MR) is 68.1 cm³/mol. The molecule has 1 aliphatic heterocycles. The highest BCUT2D eigenvalue weighted by atomic mass is 79.9. The van der Waals surface area contributed by atoms with Gasteiger partial charge in [0, 0.05) is 0 Å². The molecule has 0 unspecified atom stereocenters. The van der Waals surface area contributed by atoms with Crippen molar-refractivity contribution in [3.8, 4) is 0 Å². The Kier molecular flexibility index (Phi) is 3.98. The van der Waals surface area contributed by atoms with Gasteiger partial charge in [0.05, 0.1) is 4.47 Å². The van der Waals surface area contributed by atoms with Crippen molar-refractivity contribution in [1.29, 1.82) is 0 Å². The molecule has 0 spiro atoms. The summed E-state index contributed by atoms with van der Waals surface area (Å²) in [5, 5.41) is 3.34. The van der Waals surface area contributed by atoms with Crippen molar-refractivity contribution in [1.82, 2.24) is 5.32 Å². The van der Waals surface area contributed by atoms with Gasteiger partial charge in [-0.25, -0.2) is 4.39 Å². The molecule has 1 heterocycles. The van der Waals surface area contributed by atoms with E-state index in [9.17, 15) is 4.39 Å². The summed E-state index contributed by atoms with van der Waals surface area (Å²) >= 11 is 3.26. The molecule has 0 atom stereocenters. The van der Waals surface area contributed by atoms with Crippen LogP contribution in [0.2, 0.25) is 0 Å². The van der Waals surface area contributed by atoms with Gasteiger partial charge >= 0.3 is 0 Å². The number of nitrogens with one attached hydrogen (secondary N) is 1. The number of hydrogen-bond acceptors (Lipinski definition) is 1. The number of benzene rings is 1. The predicted octanol–water partition coefficient (Wildman–Crippen LogP) is 3.44. The summed E-state index contributed by atoms with van der Waals surface area (Å²) in [4.78, 5) is 0. The van der Waals surface area contributed by atoms with E-state index in [1.165, 1.54) is 0 Å². The van der Waals surface area contributed by atoms with Crippen molar-refractivity contribution in [2.75, 3.05) is 13.1 Å². The number of hydrogen-bond donors (Lipinski definition) is 1. The van der Waals surface area contributed by atoms with Gasteiger partial charge in [-0.2, -0.15) is 0 Å². The first-order valence-electron chi connectivity index (χ1n) is 5.82. The minimum absolute atomic E-state index is 0.0708. The molecule has 1 N–H and O–H groups in total. The first kappa shape index (κ1) is 12.1. The molecule has 1 saturated heterocycles. The summed E-state index contributed by atoms with van der Waals surface area (Å²) in [5.41, 5.74) is 1.96. The Labute approximate surface area is 105 Å². The summed E-state index contributed by atoms with van der Waals surface area (Å²) in [7, 11) is 0. The standard InChI is InChI=1S/C13H17BrFN/c1-9-2-3-12(14)13(15)11(9)8-10-4-6-16-7-5-10/h2-3,10,16H,4-8H2,1H3. The van der Waals surface area contributed by atoms with Gasteiger partial charge < -0.3 is 5.32 Å². The van der Waals surface area contributed by atoms with Crippen LogP contribution in [0, 0.1) is 18.7 Å². The molecule has 0 saturated carbocycles. The fraction of sp³-hybridized carbons (Fsp3) is 0.538. The molecular formula is C13H17BrFN. The van der Waals surface area contributed by atoms with Crippen LogP contribution in [-0.2, 0) is 6.42 Å². The van der Waals surface area contributed by atoms with Gasteiger partial charge in [0.2, 0.25) is 0 Å². The van der Waals surface area contributed by atoms with Gasteiger partial charge in [-0.15, -0.1) is 0 Å². The van der Waals surface area contributed by atoms with Crippen LogP contribution >= 0.6 is 15.9 Å². The van der Waals surface area contributed by atoms with Crippen LogP contribution in [-0.4, -0.2) is 13.1 Å². The zero-order chi connectivity index (χ0) is 11.5. The molecule has 2 rings (SSSR count). The third-order valence-corrected chi connectivity index (χ3v) is 3.99. The quantitative estimate of drug-likeness (QED) is 0.878. The number of halogens is 2. The van der Waals surface area contributed by atoms with Gasteiger partial charge in [-0.1, -0.05) is 6.07 Å². The van der Waals surface area contributed by atoms with E-state index < -0.39 is 0 Å². The SMILES string of the molecule is Cc1ccc(Br)c(F)c1CC1CCNCC1. The highest BCUT2D eigenvalue weighted by molar-refractivity contribution is 9.10. The van der Waals surface area contributed by atoms with Crippen LogP contribution < -0.4 is 5.32 Å². The normalized spacial score (nSPS) is 17.7. The lowest BCUT2D eigenvalue weighted by molar-refractivity contribution is 0.368. The summed E-state index contributed by atoms with van der Waals surface area (Å²) in [6.45, 7) is 4.13. The minimum atomic E-state index is -0.0708. The van der Waals surface area contributed by atoms with Crippen LogP contribution in [0.5, 0.6) is 0 Å². The fourth-order valence-corrected chi connectivity index (χ4v) is 2.69. The van der Waals surface area contributed by atoms with Crippen molar-refractivity contribution < 1.29 is 4.39 Å². The second-order valence-corrected chi connectivity index (χ2v) is 5.41. The average Bonchev–Trinajstić information content (AvgIpc) is 2.31. The van der Waals surface area contributed by atoms with E-state index in [0.29, 0.717) is 10.4 Å². The number of rotatable bonds is 2. The fourth-order valence-electron chi connectivity index (χ4n) is 2.31. The Bertz CT molecular complexity index is 372. The maximum absolute atomic E-state index is 14.0. The van der Waals surface area contributed by atoms with Gasteiger partial charge in [0.25, 0.3) is 0 Å². The van der Waals surface area contributed by atoms with Crippen molar-refractivity contribution >= 4 is 15.9 Å². The largest absolute Gasteiger partial charge is 0.317 e. The highest BCUT2D eigenvalue weighted by Gasteiger charge is 2.17. The van der Waals surface area contributed by atoms with Gasteiger partial charge in [-0.3, -0.25) is 0 Å². The Balaban J connectivity index is 2.16. The summed E-state index contributed by atoms with van der Waals surface area (Å²) in [6, 6.07) is 3.78. The number of piperidine rings is 1. The van der Waals surface area contributed by atoms with E-state index in [1.807, 2.05) is 13.0 Å². The third kappa shape index (κ3) is 2.64. The lowest BCUT2D eigenvalue weighted by atomic mass is 9.89. The number of aryl methyl sites for hydroxylation is 1. The molecule has 0 aromatic heterocycles. The Morgan fingerprint density at radius 3 is 2.75 bits per heavy atom. The van der Waals surface area contributed by atoms with Crippen molar-refractivity contribution in [2.45, 2.75) is 26.2 Å². The molecule has 16 heavy (non-hydrogen) atoms. The van der Waals surface area contributed by atoms with Crippen LogP contribution in [0.4, 0.5) is 4.39 Å². The van der Waals surface area contributed by atoms with Gasteiger partial charge in [-0.05, 0) is 78.3 Å². The van der Waals surface area contributed by atoms with Crippen molar-refractivity contribution in [2.24, 2.45) is 5.92 Å². The molecule has 0 amide bonds. The molecule has 1 nitrogen and oxygen atoms in total.